The van der Waals surface area contributed by atoms with Gasteiger partial charge in [0, 0.05) is 19.2 Å². The second-order valence-corrected chi connectivity index (χ2v) is 5.60. The smallest absolute Gasteiger partial charge is 0.416 e. The number of ether oxygens (including phenoxy) is 1. The van der Waals surface area contributed by atoms with Gasteiger partial charge >= 0.3 is 6.18 Å². The van der Waals surface area contributed by atoms with Crippen molar-refractivity contribution >= 4 is 11.8 Å². The van der Waals surface area contributed by atoms with Gasteiger partial charge in [-0.05, 0) is 29.8 Å². The van der Waals surface area contributed by atoms with E-state index in [0.717, 1.165) is 6.07 Å². The molecule has 2 rings (SSSR count). The number of nitrogens with zero attached hydrogens (tertiary/aromatic N) is 1. The first kappa shape index (κ1) is 19.3. The molecule has 0 spiro atoms. The number of carbonyl (C=O) groups is 2. The van der Waals surface area contributed by atoms with Crippen LogP contribution in [-0.2, 0) is 17.5 Å². The van der Waals surface area contributed by atoms with Crippen LogP contribution < -0.4 is 10.5 Å². The number of hydrogen-bond acceptors (Lipinski definition) is 3. The van der Waals surface area contributed by atoms with E-state index >= 15 is 0 Å². The summed E-state index contributed by atoms with van der Waals surface area (Å²) in [6, 6.07) is 11.1. The Bertz CT molecular complexity index is 806. The van der Waals surface area contributed by atoms with Gasteiger partial charge in [-0.25, -0.2) is 0 Å². The zero-order chi connectivity index (χ0) is 19.3. The van der Waals surface area contributed by atoms with Gasteiger partial charge in [-0.2, -0.15) is 13.2 Å². The maximum Gasteiger partial charge on any atom is 0.416 e. The predicted molar refractivity (Wildman–Crippen MR) is 88.4 cm³/mol. The number of alkyl halides is 3. The molecule has 2 aromatic carbocycles. The van der Waals surface area contributed by atoms with E-state index in [-0.39, 0.29) is 30.0 Å². The molecule has 2 amide bonds. The highest BCUT2D eigenvalue weighted by Gasteiger charge is 2.33. The van der Waals surface area contributed by atoms with E-state index in [0.29, 0.717) is 0 Å². The largest absolute Gasteiger partial charge is 0.484 e. The van der Waals surface area contributed by atoms with Crippen LogP contribution in [0.25, 0.3) is 0 Å². The second kappa shape index (κ2) is 7.90. The third-order valence-electron chi connectivity index (χ3n) is 3.54. The first-order valence-electron chi connectivity index (χ1n) is 7.60. The zero-order valence-corrected chi connectivity index (χ0v) is 13.9. The van der Waals surface area contributed by atoms with Gasteiger partial charge in [-0.1, -0.05) is 24.3 Å². The highest BCUT2D eigenvalue weighted by molar-refractivity contribution is 5.94. The molecule has 0 atom stereocenters. The number of primary amides is 1. The Labute approximate surface area is 148 Å². The van der Waals surface area contributed by atoms with Crippen LogP contribution in [0.5, 0.6) is 5.75 Å². The summed E-state index contributed by atoms with van der Waals surface area (Å²) in [7, 11) is 1.41. The first-order valence-corrected chi connectivity index (χ1v) is 7.60. The lowest BCUT2D eigenvalue weighted by molar-refractivity contribution is -0.138. The summed E-state index contributed by atoms with van der Waals surface area (Å²) in [6.45, 7) is -0.548. The summed E-state index contributed by atoms with van der Waals surface area (Å²) in [4.78, 5) is 24.4. The van der Waals surface area contributed by atoms with Crippen molar-refractivity contribution in [2.45, 2.75) is 12.7 Å². The highest BCUT2D eigenvalue weighted by Crippen LogP contribution is 2.32. The molecule has 0 radical (unpaired) electrons. The molecule has 0 aliphatic carbocycles. The Hall–Kier alpha value is -3.03. The van der Waals surface area contributed by atoms with Crippen LogP contribution in [0.3, 0.4) is 0 Å². The number of benzene rings is 2. The SMILES string of the molecule is CN(Cc1ccccc1C(F)(F)F)C(=O)c1cccc(OCC(N)=O)c1. The van der Waals surface area contributed by atoms with Crippen LogP contribution in [0.1, 0.15) is 21.5 Å². The van der Waals surface area contributed by atoms with Gasteiger partial charge in [0.2, 0.25) is 0 Å². The summed E-state index contributed by atoms with van der Waals surface area (Å²) in [5.41, 5.74) is 4.43. The van der Waals surface area contributed by atoms with Gasteiger partial charge in [0.15, 0.2) is 6.61 Å². The molecule has 26 heavy (non-hydrogen) atoms. The van der Waals surface area contributed by atoms with E-state index in [1.54, 1.807) is 12.1 Å². The molecule has 0 saturated heterocycles. The van der Waals surface area contributed by atoms with Crippen LogP contribution in [0.4, 0.5) is 13.2 Å². The number of amides is 2. The zero-order valence-electron chi connectivity index (χ0n) is 13.9. The maximum absolute atomic E-state index is 13.1. The van der Waals surface area contributed by atoms with E-state index in [4.69, 9.17) is 10.5 Å². The van der Waals surface area contributed by atoms with E-state index in [2.05, 4.69) is 0 Å². The predicted octanol–water partition coefficient (Wildman–Crippen LogP) is 2.84. The third-order valence-corrected chi connectivity index (χ3v) is 3.54. The average molecular weight is 366 g/mol. The lowest BCUT2D eigenvalue weighted by Crippen LogP contribution is -2.27. The van der Waals surface area contributed by atoms with Crippen molar-refractivity contribution in [1.29, 1.82) is 0 Å². The maximum atomic E-state index is 13.1. The molecule has 2 N–H and O–H groups in total. The number of hydrogen-bond donors (Lipinski definition) is 1. The summed E-state index contributed by atoms with van der Waals surface area (Å²) in [5, 5.41) is 0. The number of nitrogens with two attached hydrogens (primary N) is 1. The van der Waals surface area contributed by atoms with Crippen molar-refractivity contribution in [3.8, 4) is 5.75 Å². The second-order valence-electron chi connectivity index (χ2n) is 5.60. The van der Waals surface area contributed by atoms with Crippen molar-refractivity contribution < 1.29 is 27.5 Å². The summed E-state index contributed by atoms with van der Waals surface area (Å²) < 4.78 is 44.3. The van der Waals surface area contributed by atoms with Crippen molar-refractivity contribution in [1.82, 2.24) is 4.90 Å². The van der Waals surface area contributed by atoms with Crippen molar-refractivity contribution in [2.24, 2.45) is 5.73 Å². The van der Waals surface area contributed by atoms with E-state index in [1.165, 1.54) is 42.3 Å². The standard InChI is InChI=1S/C18H17F3N2O3/c1-23(10-13-5-2-3-8-15(13)18(19,20)21)17(25)12-6-4-7-14(9-12)26-11-16(22)24/h2-9H,10-11H2,1H3,(H2,22,24). The van der Waals surface area contributed by atoms with Gasteiger partial charge in [0.25, 0.3) is 11.8 Å². The molecule has 138 valence electrons. The van der Waals surface area contributed by atoms with Crippen LogP contribution in [-0.4, -0.2) is 30.4 Å². The minimum Gasteiger partial charge on any atom is -0.484 e. The molecule has 0 unspecified atom stereocenters. The monoisotopic (exact) mass is 366 g/mol. The Morgan fingerprint density at radius 3 is 2.46 bits per heavy atom. The minimum atomic E-state index is -4.50. The fourth-order valence-corrected chi connectivity index (χ4v) is 2.36. The summed E-state index contributed by atoms with van der Waals surface area (Å²) >= 11 is 0. The topological polar surface area (TPSA) is 72.6 Å². The molecule has 2 aromatic rings. The highest BCUT2D eigenvalue weighted by atomic mass is 19.4. The first-order chi connectivity index (χ1) is 12.2. The van der Waals surface area contributed by atoms with Crippen molar-refractivity contribution in [3.05, 3.63) is 65.2 Å². The molecule has 0 aromatic heterocycles. The lowest BCUT2D eigenvalue weighted by Gasteiger charge is -2.20. The quantitative estimate of drug-likeness (QED) is 0.854. The number of rotatable bonds is 6. The van der Waals surface area contributed by atoms with Gasteiger partial charge in [0.1, 0.15) is 5.75 Å². The molecular formula is C18H17F3N2O3. The molecule has 5 nitrogen and oxygen atoms in total. The molecular weight excluding hydrogens is 349 g/mol. The Kier molecular flexibility index (Phi) is 5.86. The van der Waals surface area contributed by atoms with Crippen LogP contribution in [0.2, 0.25) is 0 Å². The molecule has 0 heterocycles. The van der Waals surface area contributed by atoms with Gasteiger partial charge < -0.3 is 15.4 Å². The lowest BCUT2D eigenvalue weighted by atomic mass is 10.1. The molecule has 0 saturated carbocycles. The van der Waals surface area contributed by atoms with E-state index in [9.17, 15) is 22.8 Å². The molecule has 0 bridgehead atoms. The van der Waals surface area contributed by atoms with Crippen molar-refractivity contribution in [3.63, 3.8) is 0 Å². The summed E-state index contributed by atoms with van der Waals surface area (Å²) in [5.74, 6) is -0.882. The average Bonchev–Trinajstić information content (AvgIpc) is 2.59. The van der Waals surface area contributed by atoms with Gasteiger partial charge in [-0.15, -0.1) is 0 Å². The number of halogens is 3. The van der Waals surface area contributed by atoms with Crippen LogP contribution >= 0.6 is 0 Å². The van der Waals surface area contributed by atoms with Crippen LogP contribution in [0.15, 0.2) is 48.5 Å². The molecule has 0 aliphatic heterocycles. The summed E-state index contributed by atoms with van der Waals surface area (Å²) in [6.07, 6.45) is -4.50. The number of carbonyl (C=O) groups excluding carboxylic acids is 2. The fourth-order valence-electron chi connectivity index (χ4n) is 2.36. The van der Waals surface area contributed by atoms with Gasteiger partial charge in [0.05, 0.1) is 5.56 Å². The normalized spacial score (nSPS) is 11.1. The Morgan fingerprint density at radius 2 is 1.81 bits per heavy atom. The van der Waals surface area contributed by atoms with E-state index < -0.39 is 23.6 Å². The molecule has 0 aliphatic rings. The Balaban J connectivity index is 2.16. The fraction of sp³-hybridized carbons (Fsp3) is 0.222. The van der Waals surface area contributed by atoms with Crippen LogP contribution in [0, 0.1) is 0 Å². The van der Waals surface area contributed by atoms with Gasteiger partial charge in [-0.3, -0.25) is 9.59 Å². The molecule has 8 heteroatoms. The van der Waals surface area contributed by atoms with E-state index in [1.807, 2.05) is 0 Å². The third kappa shape index (κ3) is 4.98. The minimum absolute atomic E-state index is 0.00279. The molecule has 0 fully saturated rings. The van der Waals surface area contributed by atoms with Crippen molar-refractivity contribution in [2.75, 3.05) is 13.7 Å². The Morgan fingerprint density at radius 1 is 1.12 bits per heavy atom.